The molecular weight excluding hydrogens is 277 g/mol. The predicted molar refractivity (Wildman–Crippen MR) is 87.4 cm³/mol. The number of nitrogens with zero attached hydrogens (tertiary/aromatic N) is 1. The number of benzene rings is 2. The van der Waals surface area contributed by atoms with Gasteiger partial charge in [0.1, 0.15) is 11.6 Å². The van der Waals surface area contributed by atoms with E-state index in [9.17, 15) is 4.39 Å². The van der Waals surface area contributed by atoms with Crippen molar-refractivity contribution in [2.75, 3.05) is 20.2 Å². The molecule has 0 N–H and O–H groups in total. The lowest BCUT2D eigenvalue weighted by molar-refractivity contribution is 0.356. The number of hydrogen-bond donors (Lipinski definition) is 0. The van der Waals surface area contributed by atoms with Gasteiger partial charge in [-0.15, -0.1) is 0 Å². The van der Waals surface area contributed by atoms with Crippen LogP contribution in [0.1, 0.15) is 16.7 Å². The molecule has 0 aliphatic carbocycles. The Morgan fingerprint density at radius 2 is 2.14 bits per heavy atom. The van der Waals surface area contributed by atoms with Crippen LogP contribution in [-0.4, -0.2) is 25.1 Å². The van der Waals surface area contributed by atoms with Gasteiger partial charge < -0.3 is 4.74 Å². The molecule has 1 aliphatic rings. The van der Waals surface area contributed by atoms with Crippen molar-refractivity contribution in [2.24, 2.45) is 0 Å². The molecule has 3 heteroatoms. The molecule has 0 radical (unpaired) electrons. The number of rotatable bonds is 5. The highest BCUT2D eigenvalue weighted by Gasteiger charge is 2.12. The Kier molecular flexibility index (Phi) is 4.54. The molecule has 22 heavy (non-hydrogen) atoms. The summed E-state index contributed by atoms with van der Waals surface area (Å²) in [6.07, 6.45) is 5.02. The number of halogens is 1. The molecule has 0 bridgehead atoms. The van der Waals surface area contributed by atoms with Gasteiger partial charge in [0.05, 0.1) is 6.61 Å². The van der Waals surface area contributed by atoms with E-state index in [1.807, 2.05) is 12.1 Å². The molecule has 0 saturated heterocycles. The molecule has 1 aliphatic heterocycles. The van der Waals surface area contributed by atoms with Crippen LogP contribution in [0.5, 0.6) is 5.75 Å². The van der Waals surface area contributed by atoms with E-state index in [0.717, 1.165) is 37.4 Å². The van der Waals surface area contributed by atoms with Crippen molar-refractivity contribution in [1.29, 1.82) is 0 Å². The molecule has 0 unspecified atom stereocenters. The standard InChI is InChI=1S/C19H20FNO/c1-21(10-3-5-15-4-2-6-18(20)13-15)14-16-7-8-19-17(12-16)9-11-22-19/h2-8,12-13H,9-11,14H2,1H3/b5-3+. The van der Waals surface area contributed by atoms with E-state index in [1.54, 1.807) is 6.07 Å². The first-order valence-electron chi connectivity index (χ1n) is 7.56. The van der Waals surface area contributed by atoms with Gasteiger partial charge in [0.2, 0.25) is 0 Å². The summed E-state index contributed by atoms with van der Waals surface area (Å²) in [5.74, 6) is 0.827. The molecule has 1 heterocycles. The van der Waals surface area contributed by atoms with Crippen LogP contribution in [0.4, 0.5) is 4.39 Å². The first-order chi connectivity index (χ1) is 10.7. The smallest absolute Gasteiger partial charge is 0.123 e. The quantitative estimate of drug-likeness (QED) is 0.830. The second kappa shape index (κ2) is 6.75. The Labute approximate surface area is 130 Å². The Hall–Kier alpha value is -2.13. The number of ether oxygens (including phenoxy) is 1. The lowest BCUT2D eigenvalue weighted by Crippen LogP contribution is -2.17. The zero-order valence-corrected chi connectivity index (χ0v) is 12.8. The molecule has 0 aromatic heterocycles. The predicted octanol–water partition coefficient (Wildman–Crippen LogP) is 3.91. The van der Waals surface area contributed by atoms with Crippen molar-refractivity contribution in [3.8, 4) is 5.75 Å². The monoisotopic (exact) mass is 297 g/mol. The highest BCUT2D eigenvalue weighted by Crippen LogP contribution is 2.26. The van der Waals surface area contributed by atoms with E-state index in [0.29, 0.717) is 0 Å². The number of hydrogen-bond acceptors (Lipinski definition) is 2. The Morgan fingerprint density at radius 1 is 1.23 bits per heavy atom. The van der Waals surface area contributed by atoms with E-state index >= 15 is 0 Å². The number of likely N-dealkylation sites (N-methyl/N-ethyl adjacent to an activating group) is 1. The summed E-state index contributed by atoms with van der Waals surface area (Å²) in [5, 5.41) is 0. The topological polar surface area (TPSA) is 12.5 Å². The summed E-state index contributed by atoms with van der Waals surface area (Å²) in [6, 6.07) is 13.0. The van der Waals surface area contributed by atoms with Gasteiger partial charge in [-0.3, -0.25) is 4.90 Å². The Bertz CT molecular complexity index is 681. The summed E-state index contributed by atoms with van der Waals surface area (Å²) in [6.45, 7) is 2.51. The zero-order valence-electron chi connectivity index (χ0n) is 12.8. The van der Waals surface area contributed by atoms with Gasteiger partial charge >= 0.3 is 0 Å². The largest absolute Gasteiger partial charge is 0.493 e. The normalized spacial score (nSPS) is 13.6. The fraction of sp³-hybridized carbons (Fsp3) is 0.263. The SMILES string of the molecule is CN(C/C=C/c1cccc(F)c1)Cc1ccc2c(c1)CCO2. The lowest BCUT2D eigenvalue weighted by Gasteiger charge is -2.15. The van der Waals surface area contributed by atoms with Crippen molar-refractivity contribution < 1.29 is 9.13 Å². The molecule has 3 rings (SSSR count). The van der Waals surface area contributed by atoms with Gasteiger partial charge in [0.15, 0.2) is 0 Å². The third-order valence-electron chi connectivity index (χ3n) is 3.78. The van der Waals surface area contributed by atoms with E-state index in [1.165, 1.54) is 23.3 Å². The van der Waals surface area contributed by atoms with Gasteiger partial charge in [-0.1, -0.05) is 36.4 Å². The average molecular weight is 297 g/mol. The summed E-state index contributed by atoms with van der Waals surface area (Å²) < 4.78 is 18.6. The van der Waals surface area contributed by atoms with Crippen LogP contribution in [-0.2, 0) is 13.0 Å². The Balaban J connectivity index is 1.55. The zero-order chi connectivity index (χ0) is 15.4. The average Bonchev–Trinajstić information content (AvgIpc) is 2.95. The van der Waals surface area contributed by atoms with E-state index < -0.39 is 0 Å². The molecular formula is C19H20FNO. The minimum Gasteiger partial charge on any atom is -0.493 e. The maximum Gasteiger partial charge on any atom is 0.123 e. The summed E-state index contributed by atoms with van der Waals surface area (Å²) in [7, 11) is 2.08. The summed E-state index contributed by atoms with van der Waals surface area (Å²) >= 11 is 0. The summed E-state index contributed by atoms with van der Waals surface area (Å²) in [5.41, 5.74) is 3.50. The fourth-order valence-corrected chi connectivity index (χ4v) is 2.69. The van der Waals surface area contributed by atoms with Crippen molar-refractivity contribution in [3.63, 3.8) is 0 Å². The second-order valence-electron chi connectivity index (χ2n) is 5.69. The summed E-state index contributed by atoms with van der Waals surface area (Å²) in [4.78, 5) is 2.23. The molecule has 0 saturated carbocycles. The molecule has 0 fully saturated rings. The highest BCUT2D eigenvalue weighted by molar-refractivity contribution is 5.49. The van der Waals surface area contributed by atoms with Crippen LogP contribution in [0.3, 0.4) is 0 Å². The lowest BCUT2D eigenvalue weighted by atomic mass is 10.1. The van der Waals surface area contributed by atoms with E-state index in [-0.39, 0.29) is 5.82 Å². The Morgan fingerprint density at radius 3 is 3.00 bits per heavy atom. The number of fused-ring (bicyclic) bond motifs is 1. The van der Waals surface area contributed by atoms with Gasteiger partial charge in [0.25, 0.3) is 0 Å². The molecule has 114 valence electrons. The molecule has 0 amide bonds. The third-order valence-corrected chi connectivity index (χ3v) is 3.78. The van der Waals surface area contributed by atoms with Crippen LogP contribution >= 0.6 is 0 Å². The van der Waals surface area contributed by atoms with E-state index in [2.05, 4.69) is 36.2 Å². The van der Waals surface area contributed by atoms with E-state index in [4.69, 9.17) is 4.74 Å². The third kappa shape index (κ3) is 3.74. The van der Waals surface area contributed by atoms with Crippen LogP contribution in [0.15, 0.2) is 48.5 Å². The van der Waals surface area contributed by atoms with Crippen molar-refractivity contribution in [3.05, 3.63) is 71.0 Å². The molecule has 0 spiro atoms. The first-order valence-corrected chi connectivity index (χ1v) is 7.56. The van der Waals surface area contributed by atoms with Crippen molar-refractivity contribution in [2.45, 2.75) is 13.0 Å². The molecule has 0 atom stereocenters. The molecule has 2 nitrogen and oxygen atoms in total. The fourth-order valence-electron chi connectivity index (χ4n) is 2.69. The first kappa shape index (κ1) is 14.8. The maximum atomic E-state index is 13.1. The maximum absolute atomic E-state index is 13.1. The molecule has 2 aromatic rings. The van der Waals surface area contributed by atoms with Crippen molar-refractivity contribution in [1.82, 2.24) is 4.90 Å². The van der Waals surface area contributed by atoms with Gasteiger partial charge in [-0.25, -0.2) is 4.39 Å². The minimum atomic E-state index is -0.198. The van der Waals surface area contributed by atoms with Gasteiger partial charge in [0, 0.05) is 19.5 Å². The van der Waals surface area contributed by atoms with Gasteiger partial charge in [-0.2, -0.15) is 0 Å². The van der Waals surface area contributed by atoms with Crippen LogP contribution in [0, 0.1) is 5.82 Å². The van der Waals surface area contributed by atoms with Crippen LogP contribution in [0.2, 0.25) is 0 Å². The second-order valence-corrected chi connectivity index (χ2v) is 5.69. The molecule has 2 aromatic carbocycles. The van der Waals surface area contributed by atoms with Crippen LogP contribution < -0.4 is 4.74 Å². The minimum absolute atomic E-state index is 0.198. The van der Waals surface area contributed by atoms with Crippen LogP contribution in [0.25, 0.3) is 6.08 Å². The highest BCUT2D eigenvalue weighted by atomic mass is 19.1. The van der Waals surface area contributed by atoms with Gasteiger partial charge in [-0.05, 0) is 41.9 Å². The van der Waals surface area contributed by atoms with Crippen molar-refractivity contribution >= 4 is 6.08 Å².